The van der Waals surface area contributed by atoms with E-state index in [1.807, 2.05) is 6.92 Å². The van der Waals surface area contributed by atoms with E-state index < -0.39 is 11.4 Å². The maximum absolute atomic E-state index is 12.6. The molecule has 0 amide bonds. The highest BCUT2D eigenvalue weighted by Crippen LogP contribution is 2.17. The van der Waals surface area contributed by atoms with Crippen LogP contribution in [-0.2, 0) is 11.3 Å². The zero-order valence-corrected chi connectivity index (χ0v) is 14.1. The van der Waals surface area contributed by atoms with Gasteiger partial charge < -0.3 is 9.30 Å². The fraction of sp³-hybridized carbons (Fsp3) is 0.278. The Hall–Kier alpha value is -3.09. The molecule has 0 aliphatic heterocycles. The standard InChI is InChI=1S/C18H18N4O3/c1-3-9-22-11-14(18(24)25-4-2)15(23)13-10-20-16(21-17(13)22)12-5-7-19-8-6-12/h5-8,10-11H,3-4,9H2,1-2H3. The van der Waals surface area contributed by atoms with Gasteiger partial charge in [0.25, 0.3) is 0 Å². The Balaban J connectivity index is 2.22. The van der Waals surface area contributed by atoms with Gasteiger partial charge >= 0.3 is 5.97 Å². The Labute approximate surface area is 144 Å². The van der Waals surface area contributed by atoms with E-state index in [0.29, 0.717) is 23.4 Å². The van der Waals surface area contributed by atoms with Gasteiger partial charge in [0.1, 0.15) is 11.2 Å². The molecular weight excluding hydrogens is 320 g/mol. The predicted molar refractivity (Wildman–Crippen MR) is 93.3 cm³/mol. The summed E-state index contributed by atoms with van der Waals surface area (Å²) in [6, 6.07) is 3.60. The molecule has 0 fully saturated rings. The molecule has 3 rings (SSSR count). The molecule has 3 aromatic heterocycles. The number of aryl methyl sites for hydroxylation is 1. The van der Waals surface area contributed by atoms with Crippen LogP contribution in [0.5, 0.6) is 0 Å². The number of rotatable bonds is 5. The van der Waals surface area contributed by atoms with Crippen LogP contribution in [0, 0.1) is 0 Å². The SMILES string of the molecule is CCCn1cc(C(=O)OCC)c(=O)c2cnc(-c3ccncc3)nc21. The molecule has 0 saturated heterocycles. The number of fused-ring (bicyclic) bond motifs is 1. The Kier molecular flexibility index (Phi) is 4.83. The lowest BCUT2D eigenvalue weighted by molar-refractivity contribution is 0.0524. The fourth-order valence-electron chi connectivity index (χ4n) is 2.58. The third-order valence-corrected chi connectivity index (χ3v) is 3.71. The molecule has 7 nitrogen and oxygen atoms in total. The van der Waals surface area contributed by atoms with E-state index in [9.17, 15) is 9.59 Å². The zero-order valence-electron chi connectivity index (χ0n) is 14.1. The second-order valence-corrected chi connectivity index (χ2v) is 5.45. The monoisotopic (exact) mass is 338 g/mol. The number of nitrogens with zero attached hydrogens (tertiary/aromatic N) is 4. The van der Waals surface area contributed by atoms with Crippen LogP contribution < -0.4 is 5.43 Å². The lowest BCUT2D eigenvalue weighted by Gasteiger charge is -2.12. The molecule has 0 spiro atoms. The quantitative estimate of drug-likeness (QED) is 0.664. The van der Waals surface area contributed by atoms with Crippen molar-refractivity contribution in [2.24, 2.45) is 0 Å². The number of carbonyl (C=O) groups excluding carboxylic acids is 1. The maximum atomic E-state index is 12.6. The molecule has 128 valence electrons. The van der Waals surface area contributed by atoms with Gasteiger partial charge in [-0.3, -0.25) is 9.78 Å². The summed E-state index contributed by atoms with van der Waals surface area (Å²) in [5.74, 6) is -0.125. The number of hydrogen-bond donors (Lipinski definition) is 0. The molecule has 0 aromatic carbocycles. The third-order valence-electron chi connectivity index (χ3n) is 3.71. The largest absolute Gasteiger partial charge is 0.462 e. The van der Waals surface area contributed by atoms with Crippen LogP contribution in [-0.4, -0.2) is 32.1 Å². The average molecular weight is 338 g/mol. The Bertz CT molecular complexity index is 967. The number of esters is 1. The number of ether oxygens (including phenoxy) is 1. The van der Waals surface area contributed by atoms with Crippen molar-refractivity contribution in [2.45, 2.75) is 26.8 Å². The van der Waals surface area contributed by atoms with Crippen LogP contribution in [0.3, 0.4) is 0 Å². The first-order chi connectivity index (χ1) is 12.2. The number of carbonyl (C=O) groups is 1. The molecule has 3 heterocycles. The highest BCUT2D eigenvalue weighted by molar-refractivity contribution is 5.93. The summed E-state index contributed by atoms with van der Waals surface area (Å²) >= 11 is 0. The smallest absolute Gasteiger partial charge is 0.343 e. The molecule has 0 unspecified atom stereocenters. The van der Waals surface area contributed by atoms with Gasteiger partial charge in [0.2, 0.25) is 5.43 Å². The first kappa shape index (κ1) is 16.8. The molecule has 0 radical (unpaired) electrons. The zero-order chi connectivity index (χ0) is 17.8. The van der Waals surface area contributed by atoms with E-state index in [2.05, 4.69) is 15.0 Å². The average Bonchev–Trinajstić information content (AvgIpc) is 2.64. The van der Waals surface area contributed by atoms with Crippen molar-refractivity contribution < 1.29 is 9.53 Å². The van der Waals surface area contributed by atoms with Crippen LogP contribution in [0.15, 0.2) is 41.7 Å². The number of hydrogen-bond acceptors (Lipinski definition) is 6. The van der Waals surface area contributed by atoms with Gasteiger partial charge in [0, 0.05) is 36.9 Å². The summed E-state index contributed by atoms with van der Waals surface area (Å²) in [6.07, 6.45) is 7.14. The van der Waals surface area contributed by atoms with Gasteiger partial charge in [-0.25, -0.2) is 14.8 Å². The predicted octanol–water partition coefficient (Wildman–Crippen LogP) is 2.44. The Morgan fingerprint density at radius 3 is 2.68 bits per heavy atom. The molecule has 0 aliphatic carbocycles. The number of aromatic nitrogens is 4. The molecule has 0 N–H and O–H groups in total. The first-order valence-corrected chi connectivity index (χ1v) is 8.13. The summed E-state index contributed by atoms with van der Waals surface area (Å²) in [5, 5.41) is 0.303. The minimum atomic E-state index is -0.627. The molecule has 0 aliphatic rings. The normalized spacial score (nSPS) is 10.8. The van der Waals surface area contributed by atoms with Gasteiger partial charge in [0.05, 0.1) is 12.0 Å². The Morgan fingerprint density at radius 2 is 2.00 bits per heavy atom. The summed E-state index contributed by atoms with van der Waals surface area (Å²) < 4.78 is 6.78. The van der Waals surface area contributed by atoms with Crippen molar-refractivity contribution in [3.8, 4) is 11.4 Å². The van der Waals surface area contributed by atoms with Gasteiger partial charge in [-0.2, -0.15) is 0 Å². The third kappa shape index (κ3) is 3.26. The summed E-state index contributed by atoms with van der Waals surface area (Å²) in [6.45, 7) is 4.55. The van der Waals surface area contributed by atoms with Gasteiger partial charge in [-0.05, 0) is 25.5 Å². The molecular formula is C18H18N4O3. The second-order valence-electron chi connectivity index (χ2n) is 5.45. The summed E-state index contributed by atoms with van der Waals surface area (Å²) in [4.78, 5) is 37.5. The Morgan fingerprint density at radius 1 is 1.24 bits per heavy atom. The van der Waals surface area contributed by atoms with Crippen LogP contribution >= 0.6 is 0 Å². The van der Waals surface area contributed by atoms with Gasteiger partial charge in [-0.15, -0.1) is 0 Å². The maximum Gasteiger partial charge on any atom is 0.343 e. The minimum Gasteiger partial charge on any atom is -0.462 e. The van der Waals surface area contributed by atoms with Gasteiger partial charge in [-0.1, -0.05) is 6.92 Å². The van der Waals surface area contributed by atoms with E-state index in [4.69, 9.17) is 4.74 Å². The van der Waals surface area contributed by atoms with E-state index in [1.165, 1.54) is 12.4 Å². The van der Waals surface area contributed by atoms with Crippen LogP contribution in [0.1, 0.15) is 30.6 Å². The number of pyridine rings is 2. The summed E-state index contributed by atoms with van der Waals surface area (Å²) in [5.41, 5.74) is 0.897. The van der Waals surface area contributed by atoms with E-state index in [-0.39, 0.29) is 12.2 Å². The van der Waals surface area contributed by atoms with E-state index in [0.717, 1.165) is 12.0 Å². The minimum absolute atomic E-state index is 0.00283. The van der Waals surface area contributed by atoms with Crippen molar-refractivity contribution in [1.82, 2.24) is 19.5 Å². The molecule has 0 bridgehead atoms. The summed E-state index contributed by atoms with van der Waals surface area (Å²) in [7, 11) is 0. The van der Waals surface area contributed by atoms with Crippen molar-refractivity contribution >= 4 is 17.0 Å². The van der Waals surface area contributed by atoms with Crippen molar-refractivity contribution in [3.05, 3.63) is 52.7 Å². The molecule has 25 heavy (non-hydrogen) atoms. The van der Waals surface area contributed by atoms with Crippen LogP contribution in [0.2, 0.25) is 0 Å². The van der Waals surface area contributed by atoms with Crippen LogP contribution in [0.25, 0.3) is 22.4 Å². The lowest BCUT2D eigenvalue weighted by Crippen LogP contribution is -2.22. The van der Waals surface area contributed by atoms with E-state index >= 15 is 0 Å². The highest BCUT2D eigenvalue weighted by Gasteiger charge is 2.18. The van der Waals surface area contributed by atoms with E-state index in [1.54, 1.807) is 36.0 Å². The molecule has 0 atom stereocenters. The van der Waals surface area contributed by atoms with Crippen molar-refractivity contribution in [1.29, 1.82) is 0 Å². The topological polar surface area (TPSA) is 87.0 Å². The molecule has 3 aromatic rings. The fourth-order valence-corrected chi connectivity index (χ4v) is 2.58. The van der Waals surface area contributed by atoms with Gasteiger partial charge in [0.15, 0.2) is 5.82 Å². The van der Waals surface area contributed by atoms with Crippen molar-refractivity contribution in [3.63, 3.8) is 0 Å². The highest BCUT2D eigenvalue weighted by atomic mass is 16.5. The second kappa shape index (κ2) is 7.21. The first-order valence-electron chi connectivity index (χ1n) is 8.13. The van der Waals surface area contributed by atoms with Crippen LogP contribution in [0.4, 0.5) is 0 Å². The lowest BCUT2D eigenvalue weighted by atomic mass is 10.2. The van der Waals surface area contributed by atoms with Crippen molar-refractivity contribution in [2.75, 3.05) is 6.61 Å². The molecule has 0 saturated carbocycles. The molecule has 7 heteroatoms.